The molecule has 2 heterocycles. The number of hydrogen-bond donors (Lipinski definition) is 0. The van der Waals surface area contributed by atoms with Crippen LogP contribution in [0.15, 0.2) is 48.2 Å². The third-order valence-corrected chi connectivity index (χ3v) is 6.18. The van der Waals surface area contributed by atoms with Gasteiger partial charge in [0, 0.05) is 19.2 Å². The highest BCUT2D eigenvalue weighted by atomic mass is 19.1. The Morgan fingerprint density at radius 2 is 1.66 bits per heavy atom. The smallest absolute Gasteiger partial charge is 0.282 e. The summed E-state index contributed by atoms with van der Waals surface area (Å²) in [5.41, 5.74) is 0.685. The summed E-state index contributed by atoms with van der Waals surface area (Å²) in [5, 5.41) is 0. The highest BCUT2D eigenvalue weighted by Crippen LogP contribution is 2.37. The number of anilines is 1. The van der Waals surface area contributed by atoms with Gasteiger partial charge in [0.2, 0.25) is 0 Å². The van der Waals surface area contributed by atoms with E-state index >= 15 is 0 Å². The molecule has 2 aliphatic heterocycles. The second kappa shape index (κ2) is 8.70. The number of nitrogens with zero attached hydrogens (tertiary/aromatic N) is 3. The summed E-state index contributed by atoms with van der Waals surface area (Å²) >= 11 is 0. The number of carbonyl (C=O) groups excluding carboxylic acids is 2. The number of amides is 2. The van der Waals surface area contributed by atoms with E-state index in [0.29, 0.717) is 17.4 Å². The van der Waals surface area contributed by atoms with Crippen molar-refractivity contribution in [1.29, 1.82) is 0 Å². The Morgan fingerprint density at radius 1 is 1.00 bits per heavy atom. The standard InChI is InChI=1S/C24H25F2N3O3/c1-27-12-10-17(11-13-27)28(2)22-21(15-4-7-18(32-3)8-5-15)23(30)29(24(22)31)20-9-6-16(25)14-19(20)26/h4-9,14,17H,10-13H2,1-3H3. The minimum Gasteiger partial charge on any atom is -0.497 e. The molecular weight excluding hydrogens is 416 g/mol. The molecule has 0 unspecified atom stereocenters. The van der Waals surface area contributed by atoms with E-state index in [1.807, 2.05) is 11.9 Å². The van der Waals surface area contributed by atoms with Crippen molar-refractivity contribution >= 4 is 23.1 Å². The molecule has 0 radical (unpaired) electrons. The van der Waals surface area contributed by atoms with E-state index in [9.17, 15) is 18.4 Å². The number of carbonyl (C=O) groups is 2. The van der Waals surface area contributed by atoms with Gasteiger partial charge in [0.25, 0.3) is 11.8 Å². The lowest BCUT2D eigenvalue weighted by Gasteiger charge is -2.36. The van der Waals surface area contributed by atoms with Crippen LogP contribution in [0, 0.1) is 11.6 Å². The Morgan fingerprint density at radius 3 is 2.25 bits per heavy atom. The molecule has 1 fully saturated rings. The number of imide groups is 1. The zero-order chi connectivity index (χ0) is 23.0. The van der Waals surface area contributed by atoms with Crippen LogP contribution >= 0.6 is 0 Å². The number of rotatable bonds is 5. The van der Waals surface area contributed by atoms with Gasteiger partial charge >= 0.3 is 0 Å². The van der Waals surface area contributed by atoms with E-state index in [0.717, 1.165) is 43.0 Å². The number of benzene rings is 2. The molecule has 6 nitrogen and oxygen atoms in total. The quantitative estimate of drug-likeness (QED) is 0.667. The van der Waals surface area contributed by atoms with Gasteiger partial charge in [0.1, 0.15) is 23.1 Å². The number of piperidine rings is 1. The van der Waals surface area contributed by atoms with E-state index in [4.69, 9.17) is 4.74 Å². The minimum absolute atomic E-state index is 0.0595. The predicted octanol–water partition coefficient (Wildman–Crippen LogP) is 3.28. The monoisotopic (exact) mass is 441 g/mol. The largest absolute Gasteiger partial charge is 0.497 e. The van der Waals surface area contributed by atoms with Crippen LogP contribution in [0.25, 0.3) is 5.57 Å². The summed E-state index contributed by atoms with van der Waals surface area (Å²) in [6, 6.07) is 9.68. The average molecular weight is 441 g/mol. The second-order valence-corrected chi connectivity index (χ2v) is 8.14. The van der Waals surface area contributed by atoms with E-state index in [-0.39, 0.29) is 23.0 Å². The third kappa shape index (κ3) is 3.86. The lowest BCUT2D eigenvalue weighted by molar-refractivity contribution is -0.120. The fourth-order valence-corrected chi connectivity index (χ4v) is 4.31. The van der Waals surface area contributed by atoms with E-state index in [1.165, 1.54) is 7.11 Å². The number of ether oxygens (including phenoxy) is 1. The van der Waals surface area contributed by atoms with Crippen LogP contribution < -0.4 is 9.64 Å². The average Bonchev–Trinajstić information content (AvgIpc) is 3.04. The van der Waals surface area contributed by atoms with Gasteiger partial charge in [-0.05, 0) is 62.8 Å². The molecule has 2 amide bonds. The highest BCUT2D eigenvalue weighted by molar-refractivity contribution is 6.45. The molecule has 2 aliphatic rings. The van der Waals surface area contributed by atoms with Crippen molar-refractivity contribution in [3.63, 3.8) is 0 Å². The van der Waals surface area contributed by atoms with Crippen molar-refractivity contribution in [2.75, 3.05) is 39.2 Å². The normalized spacial score (nSPS) is 18.0. The van der Waals surface area contributed by atoms with Gasteiger partial charge in [-0.15, -0.1) is 0 Å². The van der Waals surface area contributed by atoms with Gasteiger partial charge in [-0.2, -0.15) is 0 Å². The van der Waals surface area contributed by atoms with Crippen molar-refractivity contribution < 1.29 is 23.1 Å². The van der Waals surface area contributed by atoms with E-state index in [1.54, 1.807) is 31.3 Å². The lowest BCUT2D eigenvalue weighted by Crippen LogP contribution is -2.43. The van der Waals surface area contributed by atoms with E-state index < -0.39 is 23.4 Å². The summed E-state index contributed by atoms with van der Waals surface area (Å²) < 4.78 is 33.2. The molecule has 4 rings (SSSR count). The molecule has 8 heteroatoms. The number of likely N-dealkylation sites (N-methyl/N-ethyl adjacent to an activating group) is 1. The van der Waals surface area contributed by atoms with Crippen molar-refractivity contribution in [3.05, 3.63) is 65.4 Å². The van der Waals surface area contributed by atoms with Gasteiger partial charge in [0.15, 0.2) is 0 Å². The molecule has 1 saturated heterocycles. The Kier molecular flexibility index (Phi) is 5.97. The molecule has 0 saturated carbocycles. The topological polar surface area (TPSA) is 53.1 Å². The van der Waals surface area contributed by atoms with Crippen LogP contribution in [0.1, 0.15) is 18.4 Å². The first-order valence-corrected chi connectivity index (χ1v) is 10.5. The van der Waals surface area contributed by atoms with Gasteiger partial charge in [-0.3, -0.25) is 9.59 Å². The maximum absolute atomic E-state index is 14.6. The van der Waals surface area contributed by atoms with E-state index in [2.05, 4.69) is 4.90 Å². The maximum atomic E-state index is 14.6. The fraction of sp³-hybridized carbons (Fsp3) is 0.333. The number of halogens is 2. The first-order chi connectivity index (χ1) is 15.3. The number of methoxy groups -OCH3 is 1. The van der Waals surface area contributed by atoms with Crippen molar-refractivity contribution in [2.24, 2.45) is 0 Å². The first-order valence-electron chi connectivity index (χ1n) is 10.5. The Labute approximate surface area is 185 Å². The molecule has 2 aromatic carbocycles. The van der Waals surface area contributed by atoms with Crippen LogP contribution in [0.5, 0.6) is 5.75 Å². The predicted molar refractivity (Wildman–Crippen MR) is 117 cm³/mol. The first kappa shape index (κ1) is 22.0. The molecule has 0 N–H and O–H groups in total. The van der Waals surface area contributed by atoms with Crippen LogP contribution in [0.2, 0.25) is 0 Å². The van der Waals surface area contributed by atoms with Crippen LogP contribution in [-0.2, 0) is 9.59 Å². The molecule has 0 aliphatic carbocycles. The van der Waals surface area contributed by atoms with Crippen LogP contribution in [0.4, 0.5) is 14.5 Å². The zero-order valence-corrected chi connectivity index (χ0v) is 18.3. The summed E-state index contributed by atoms with van der Waals surface area (Å²) in [7, 11) is 5.38. The van der Waals surface area contributed by atoms with Crippen LogP contribution in [0.3, 0.4) is 0 Å². The Hall–Kier alpha value is -3.26. The molecule has 0 atom stereocenters. The maximum Gasteiger partial charge on any atom is 0.282 e. The van der Waals surface area contributed by atoms with Gasteiger partial charge in [-0.25, -0.2) is 13.7 Å². The lowest BCUT2D eigenvalue weighted by atomic mass is 10.00. The van der Waals surface area contributed by atoms with Crippen molar-refractivity contribution in [1.82, 2.24) is 9.80 Å². The molecule has 0 bridgehead atoms. The Balaban J connectivity index is 1.80. The second-order valence-electron chi connectivity index (χ2n) is 8.14. The molecule has 2 aromatic rings. The Bertz CT molecular complexity index is 1080. The highest BCUT2D eigenvalue weighted by Gasteiger charge is 2.44. The van der Waals surface area contributed by atoms with Crippen molar-refractivity contribution in [2.45, 2.75) is 18.9 Å². The molecule has 32 heavy (non-hydrogen) atoms. The molecular formula is C24H25F2N3O3. The minimum atomic E-state index is -0.969. The SMILES string of the molecule is COc1ccc(C2=C(N(C)C3CCN(C)CC3)C(=O)N(c3ccc(F)cc3F)C2=O)cc1. The van der Waals surface area contributed by atoms with Gasteiger partial charge in [-0.1, -0.05) is 12.1 Å². The summed E-state index contributed by atoms with van der Waals surface area (Å²) in [6.07, 6.45) is 1.66. The van der Waals surface area contributed by atoms with Crippen molar-refractivity contribution in [3.8, 4) is 5.75 Å². The third-order valence-electron chi connectivity index (χ3n) is 6.18. The number of hydrogen-bond acceptors (Lipinski definition) is 5. The molecule has 0 aromatic heterocycles. The zero-order valence-electron chi connectivity index (χ0n) is 18.3. The summed E-state index contributed by atoms with van der Waals surface area (Å²) in [4.78, 5) is 31.9. The molecule has 168 valence electrons. The summed E-state index contributed by atoms with van der Waals surface area (Å²) in [6.45, 7) is 1.75. The fourth-order valence-electron chi connectivity index (χ4n) is 4.31. The van der Waals surface area contributed by atoms with Crippen LogP contribution in [-0.4, -0.2) is 62.0 Å². The molecule has 0 spiro atoms. The van der Waals surface area contributed by atoms with Gasteiger partial charge < -0.3 is 14.5 Å². The number of likely N-dealkylation sites (tertiary alicyclic amines) is 1. The summed E-state index contributed by atoms with van der Waals surface area (Å²) in [5.74, 6) is -2.40. The van der Waals surface area contributed by atoms with Gasteiger partial charge in [0.05, 0.1) is 18.4 Å².